The number of aliphatic carboxylic acids is 1. The molecule has 0 aliphatic carbocycles. The summed E-state index contributed by atoms with van der Waals surface area (Å²) in [5, 5.41) is 28.1. The number of cyclic esters (lactones) is 1. The second-order valence-electron chi connectivity index (χ2n) is 19.0. The Labute approximate surface area is 409 Å². The number of hydrogen-bond donors (Lipinski definition) is 9. The van der Waals surface area contributed by atoms with Gasteiger partial charge in [0.15, 0.2) is 0 Å². The van der Waals surface area contributed by atoms with Crippen molar-refractivity contribution in [1.29, 1.82) is 0 Å². The molecule has 0 saturated carbocycles. The van der Waals surface area contributed by atoms with E-state index in [4.69, 9.17) is 10.5 Å². The molecule has 0 aromatic carbocycles. The Kier molecular flexibility index (Phi) is 27.6. The quantitative estimate of drug-likeness (QED) is 0.0481. The lowest BCUT2D eigenvalue weighted by Gasteiger charge is -2.29. The summed E-state index contributed by atoms with van der Waals surface area (Å²) in [6.45, 7) is 12.6. The lowest BCUT2D eigenvalue weighted by Crippen LogP contribution is -2.61. The van der Waals surface area contributed by atoms with Crippen molar-refractivity contribution in [3.63, 3.8) is 0 Å². The summed E-state index contributed by atoms with van der Waals surface area (Å²) < 4.78 is 5.99. The van der Waals surface area contributed by atoms with Crippen LogP contribution in [0.2, 0.25) is 0 Å². The van der Waals surface area contributed by atoms with Gasteiger partial charge in [-0.25, -0.2) is 4.79 Å². The number of carboxylic acid groups (broad SMARTS) is 1. The third kappa shape index (κ3) is 23.1. The van der Waals surface area contributed by atoms with Crippen LogP contribution in [0, 0.1) is 17.8 Å². The van der Waals surface area contributed by atoms with Crippen LogP contribution in [-0.2, 0) is 52.7 Å². The van der Waals surface area contributed by atoms with Gasteiger partial charge < -0.3 is 52.8 Å². The lowest BCUT2D eigenvalue weighted by atomic mass is 9.99. The van der Waals surface area contributed by atoms with Gasteiger partial charge in [0.25, 0.3) is 0 Å². The van der Waals surface area contributed by atoms with Crippen LogP contribution in [0.1, 0.15) is 151 Å². The van der Waals surface area contributed by atoms with Crippen LogP contribution in [-0.4, -0.2) is 124 Å². The van der Waals surface area contributed by atoms with Gasteiger partial charge in [0, 0.05) is 17.9 Å². The number of carboxylic acids is 1. The Balaban J connectivity index is 2.73. The van der Waals surface area contributed by atoms with Crippen LogP contribution in [0.3, 0.4) is 0 Å². The Hall–Kier alpha value is -4.60. The van der Waals surface area contributed by atoms with Gasteiger partial charge in [-0.2, -0.15) is 0 Å². The number of nitrogens with one attached hydrogen (secondary N) is 7. The minimum atomic E-state index is -1.70. The highest BCUT2D eigenvalue weighted by atomic mass is 33.1. The maximum Gasteiger partial charge on any atom is 0.329 e. The van der Waals surface area contributed by atoms with E-state index >= 15 is 0 Å². The number of unbranched alkanes of at least 4 members (excludes halogenated alkanes) is 8. The summed E-state index contributed by atoms with van der Waals surface area (Å²) in [5.74, 6) is -10.2. The number of ether oxygens (including phenoxy) is 1. The predicted molar refractivity (Wildman–Crippen MR) is 259 cm³/mol. The normalized spacial score (nSPS) is 25.6. The molecule has 0 aromatic heterocycles. The molecule has 10 N–H and O–H groups in total. The molecule has 0 aromatic rings. The lowest BCUT2D eigenvalue weighted by molar-refractivity contribution is -0.154. The number of hydrogen-bond acceptors (Lipinski definition) is 13. The summed E-state index contributed by atoms with van der Waals surface area (Å²) >= 11 is 0. The number of nitrogens with two attached hydrogens (primary N) is 1. The predicted octanol–water partition coefficient (Wildman–Crippen LogP) is 2.50. The molecule has 68 heavy (non-hydrogen) atoms. The summed E-state index contributed by atoms with van der Waals surface area (Å²) in [6, 6.07) is -9.71. The standard InChI is InChI=1S/C46H78N8O12S2/c1-8-9-10-11-12-13-14-15-16-17-29-22-37(56)48-30(18-19-36(47)55)40(59)52-34-24-67-68-25-35(46(65)66-29)53-41(60)31(20-26(2)3)49-42(61)33(23-38(57)58)51-45(64)39(28(6)7)54-43(62)32(21-27(4)5)50-44(34)63/h26-35,39H,8-25H2,1-7H3,(H2,47,55)(H,48,56)(H,49,61)(H,50,63)(H,51,64)(H,52,59)(H,53,60)(H,54,62)(H,57,58)/t29-,30-,31+,32+,33-,34-,35-,39-/m0/s1. The van der Waals surface area contributed by atoms with Crippen molar-refractivity contribution in [2.75, 3.05) is 11.5 Å². The number of esters is 1. The minimum absolute atomic E-state index is 0.0334. The highest BCUT2D eigenvalue weighted by Crippen LogP contribution is 2.25. The van der Waals surface area contributed by atoms with Crippen molar-refractivity contribution in [3.8, 4) is 0 Å². The van der Waals surface area contributed by atoms with Crippen molar-refractivity contribution < 1.29 is 57.8 Å². The van der Waals surface area contributed by atoms with E-state index in [2.05, 4.69) is 44.1 Å². The number of carbonyl (C=O) groups is 10. The van der Waals surface area contributed by atoms with Gasteiger partial charge in [-0.3, -0.25) is 43.2 Å². The monoisotopic (exact) mass is 999 g/mol. The number of primary amides is 1. The average Bonchev–Trinajstić information content (AvgIpc) is 3.24. The molecule has 22 heteroatoms. The van der Waals surface area contributed by atoms with Crippen molar-refractivity contribution in [2.24, 2.45) is 23.5 Å². The van der Waals surface area contributed by atoms with Crippen molar-refractivity contribution in [3.05, 3.63) is 0 Å². The second-order valence-corrected chi connectivity index (χ2v) is 21.5. The van der Waals surface area contributed by atoms with Crippen LogP contribution in [0.25, 0.3) is 0 Å². The van der Waals surface area contributed by atoms with E-state index in [-0.39, 0.29) is 61.9 Å². The Morgan fingerprint density at radius 3 is 1.63 bits per heavy atom. The average molecular weight is 999 g/mol. The molecule has 0 spiro atoms. The van der Waals surface area contributed by atoms with Crippen LogP contribution in [0.15, 0.2) is 0 Å². The van der Waals surface area contributed by atoms with E-state index < -0.39 is 120 Å². The first kappa shape index (κ1) is 59.5. The first-order valence-electron chi connectivity index (χ1n) is 24.2. The number of amides is 8. The van der Waals surface area contributed by atoms with Crippen molar-refractivity contribution >= 4 is 80.8 Å². The van der Waals surface area contributed by atoms with Gasteiger partial charge in [0.05, 0.1) is 12.8 Å². The van der Waals surface area contributed by atoms with Crippen molar-refractivity contribution in [1.82, 2.24) is 37.2 Å². The molecule has 386 valence electrons. The Morgan fingerprint density at radius 1 is 0.603 bits per heavy atom. The third-order valence-corrected chi connectivity index (χ3v) is 13.8. The molecule has 2 aliphatic heterocycles. The molecular weight excluding hydrogens is 921 g/mol. The molecule has 2 rings (SSSR count). The van der Waals surface area contributed by atoms with E-state index in [9.17, 15) is 53.1 Å². The van der Waals surface area contributed by atoms with E-state index in [1.165, 1.54) is 12.8 Å². The van der Waals surface area contributed by atoms with Gasteiger partial charge in [0.1, 0.15) is 48.4 Å². The maximum atomic E-state index is 14.2. The number of fused-ring (bicyclic) bond motifs is 5. The summed E-state index contributed by atoms with van der Waals surface area (Å²) in [5.41, 5.74) is 5.44. The first-order chi connectivity index (χ1) is 32.1. The molecule has 2 saturated heterocycles. The van der Waals surface area contributed by atoms with Crippen LogP contribution in [0.4, 0.5) is 0 Å². The minimum Gasteiger partial charge on any atom is -0.481 e. The summed E-state index contributed by atoms with van der Waals surface area (Å²) in [7, 11) is 2.13. The van der Waals surface area contributed by atoms with E-state index in [1.807, 2.05) is 0 Å². The maximum absolute atomic E-state index is 14.2. The smallest absolute Gasteiger partial charge is 0.329 e. The van der Waals surface area contributed by atoms with Gasteiger partial charge in [-0.15, -0.1) is 0 Å². The van der Waals surface area contributed by atoms with Gasteiger partial charge >= 0.3 is 11.9 Å². The molecule has 0 unspecified atom stereocenters. The van der Waals surface area contributed by atoms with Crippen LogP contribution in [0.5, 0.6) is 0 Å². The van der Waals surface area contributed by atoms with Gasteiger partial charge in [-0.05, 0) is 49.9 Å². The molecule has 8 atom stereocenters. The zero-order valence-electron chi connectivity index (χ0n) is 40.9. The molecule has 2 heterocycles. The van der Waals surface area contributed by atoms with E-state index in [0.29, 0.717) is 6.42 Å². The van der Waals surface area contributed by atoms with Crippen LogP contribution < -0.4 is 43.0 Å². The second kappa shape index (κ2) is 31.5. The summed E-state index contributed by atoms with van der Waals surface area (Å²) in [4.78, 5) is 136. The zero-order chi connectivity index (χ0) is 50.9. The molecule has 0 radical (unpaired) electrons. The van der Waals surface area contributed by atoms with Crippen molar-refractivity contribution in [2.45, 2.75) is 200 Å². The van der Waals surface area contributed by atoms with E-state index in [1.54, 1.807) is 41.5 Å². The fourth-order valence-electron chi connectivity index (χ4n) is 7.66. The number of rotatable bonds is 20. The molecular formula is C46H78N8O12S2. The highest BCUT2D eigenvalue weighted by molar-refractivity contribution is 8.76. The van der Waals surface area contributed by atoms with E-state index in [0.717, 1.165) is 60.1 Å². The molecule has 8 amide bonds. The highest BCUT2D eigenvalue weighted by Gasteiger charge is 2.37. The molecule has 20 nitrogen and oxygen atoms in total. The largest absolute Gasteiger partial charge is 0.481 e. The molecule has 2 bridgehead atoms. The fourth-order valence-corrected chi connectivity index (χ4v) is 9.97. The fraction of sp³-hybridized carbons (Fsp3) is 0.783. The summed E-state index contributed by atoms with van der Waals surface area (Å²) in [6.07, 6.45) is 6.66. The third-order valence-electron chi connectivity index (χ3n) is 11.4. The van der Waals surface area contributed by atoms with Gasteiger partial charge in [-0.1, -0.05) is 121 Å². The molecule has 2 aliphatic rings. The SMILES string of the molecule is CCCCCCCCCCC[C@H]1CC(=O)N[C@@H](CCC(N)=O)C(=O)N[C@H]2CSSC[C@H](NC(=O)[C@@H](CC(C)C)NC(=O)[C@H](CC(=O)O)NC(=O)[C@H](C(C)C)NC(=O)[C@@H](CC(C)C)NC2=O)C(=O)O1. The van der Waals surface area contributed by atoms with Gasteiger partial charge in [0.2, 0.25) is 47.3 Å². The Bertz CT molecular complexity index is 1720. The first-order valence-corrected chi connectivity index (χ1v) is 26.7. The van der Waals surface area contributed by atoms with Crippen LogP contribution >= 0.6 is 21.6 Å². The topological polar surface area (TPSA) is 310 Å². The molecule has 2 fully saturated rings. The number of carbonyl (C=O) groups excluding carboxylic acids is 9. The Morgan fingerprint density at radius 2 is 1.09 bits per heavy atom. The zero-order valence-corrected chi connectivity index (χ0v) is 42.5.